The molecule has 1 aromatic heterocycles. The maximum Gasteiger partial charge on any atom is 0.266 e. The van der Waals surface area contributed by atoms with Gasteiger partial charge >= 0.3 is 0 Å². The van der Waals surface area contributed by atoms with E-state index in [0.29, 0.717) is 31.9 Å². The summed E-state index contributed by atoms with van der Waals surface area (Å²) in [5.41, 5.74) is 3.02. The third-order valence-electron chi connectivity index (χ3n) is 5.59. The number of nitriles is 2. The van der Waals surface area contributed by atoms with E-state index in [1.165, 1.54) is 11.3 Å². The van der Waals surface area contributed by atoms with E-state index in [1.807, 2.05) is 24.3 Å². The summed E-state index contributed by atoms with van der Waals surface area (Å²) in [6.45, 7) is 0.273. The summed E-state index contributed by atoms with van der Waals surface area (Å²) in [6.07, 6.45) is 5.43. The van der Waals surface area contributed by atoms with E-state index in [-0.39, 0.29) is 12.2 Å². The van der Waals surface area contributed by atoms with Crippen LogP contribution in [-0.2, 0) is 24.2 Å². The first kappa shape index (κ1) is 27.2. The molecule has 0 bridgehead atoms. The number of hydrogen-bond donors (Lipinski definition) is 1. The molecular formula is C26H17Cl2I2N3O2S. The molecular weight excluding hydrogens is 743 g/mol. The Hall–Kier alpha value is -1.83. The molecule has 0 fully saturated rings. The first-order valence-corrected chi connectivity index (χ1v) is 14.6. The first-order chi connectivity index (χ1) is 17.3. The fraction of sp³-hybridized carbons (Fsp3) is 0.192. The van der Waals surface area contributed by atoms with Crippen LogP contribution in [0.25, 0.3) is 6.08 Å². The summed E-state index contributed by atoms with van der Waals surface area (Å²) in [5, 5.41) is 23.7. The quantitative estimate of drug-likeness (QED) is 0.156. The molecule has 1 heterocycles. The number of thiophene rings is 1. The van der Waals surface area contributed by atoms with Gasteiger partial charge < -0.3 is 10.1 Å². The standard InChI is InChI=1S/C26H17Cl2I2N3O2S/c27-17-6-5-15(20(28)10-17)13-35-24-21(29)8-14(9-22(24)30)7-16(11-31)25(34)33-26-19(12-32)18-3-1-2-4-23(18)36-26/h5-10H,1-4,13H2,(H,33,34). The Morgan fingerprint density at radius 1 is 1.14 bits per heavy atom. The number of amides is 1. The van der Waals surface area contributed by atoms with Gasteiger partial charge in [-0.1, -0.05) is 29.3 Å². The van der Waals surface area contributed by atoms with Crippen LogP contribution in [0.15, 0.2) is 35.9 Å². The highest BCUT2D eigenvalue weighted by Crippen LogP contribution is 2.38. The molecule has 1 N–H and O–H groups in total. The number of benzene rings is 2. The summed E-state index contributed by atoms with van der Waals surface area (Å²) in [6, 6.07) is 13.2. The van der Waals surface area contributed by atoms with E-state index in [1.54, 1.807) is 18.2 Å². The maximum atomic E-state index is 12.9. The van der Waals surface area contributed by atoms with Gasteiger partial charge in [-0.05, 0) is 112 Å². The van der Waals surface area contributed by atoms with E-state index in [2.05, 4.69) is 56.6 Å². The predicted molar refractivity (Wildman–Crippen MR) is 161 cm³/mol. The molecule has 3 aromatic rings. The van der Waals surface area contributed by atoms with Gasteiger partial charge in [-0.2, -0.15) is 10.5 Å². The van der Waals surface area contributed by atoms with E-state index in [9.17, 15) is 15.3 Å². The van der Waals surface area contributed by atoms with Gasteiger partial charge in [0.25, 0.3) is 5.91 Å². The van der Waals surface area contributed by atoms with E-state index >= 15 is 0 Å². The van der Waals surface area contributed by atoms with Crippen molar-refractivity contribution in [2.45, 2.75) is 32.3 Å². The van der Waals surface area contributed by atoms with Crippen LogP contribution in [0.3, 0.4) is 0 Å². The minimum Gasteiger partial charge on any atom is -0.487 e. The molecule has 10 heteroatoms. The number of ether oxygens (including phenoxy) is 1. The van der Waals surface area contributed by atoms with Crippen LogP contribution >= 0.6 is 79.7 Å². The highest BCUT2D eigenvalue weighted by molar-refractivity contribution is 14.1. The second kappa shape index (κ2) is 12.1. The zero-order valence-electron chi connectivity index (χ0n) is 18.6. The molecule has 1 aliphatic rings. The van der Waals surface area contributed by atoms with Gasteiger partial charge in [-0.25, -0.2) is 0 Å². The highest BCUT2D eigenvalue weighted by atomic mass is 127. The van der Waals surface area contributed by atoms with Crippen molar-refractivity contribution < 1.29 is 9.53 Å². The third-order valence-corrected chi connectivity index (χ3v) is 8.99. The van der Waals surface area contributed by atoms with E-state index in [4.69, 9.17) is 27.9 Å². The summed E-state index contributed by atoms with van der Waals surface area (Å²) in [7, 11) is 0. The van der Waals surface area contributed by atoms with Crippen molar-refractivity contribution in [3.05, 3.63) is 80.2 Å². The lowest BCUT2D eigenvalue weighted by atomic mass is 9.96. The van der Waals surface area contributed by atoms with Crippen LogP contribution in [0.4, 0.5) is 5.00 Å². The van der Waals surface area contributed by atoms with Crippen molar-refractivity contribution in [3.63, 3.8) is 0 Å². The lowest BCUT2D eigenvalue weighted by molar-refractivity contribution is -0.112. The largest absolute Gasteiger partial charge is 0.487 e. The Labute approximate surface area is 250 Å². The number of nitrogens with one attached hydrogen (secondary N) is 1. The minimum atomic E-state index is -0.532. The minimum absolute atomic E-state index is 0.0431. The molecule has 182 valence electrons. The fourth-order valence-corrected chi connectivity index (χ4v) is 7.67. The van der Waals surface area contributed by atoms with Crippen molar-refractivity contribution in [3.8, 4) is 17.9 Å². The average Bonchev–Trinajstić information content (AvgIpc) is 3.19. The summed E-state index contributed by atoms with van der Waals surface area (Å²) in [4.78, 5) is 14.1. The molecule has 1 aliphatic carbocycles. The van der Waals surface area contributed by atoms with Crippen LogP contribution in [0, 0.1) is 29.8 Å². The number of hydrogen-bond acceptors (Lipinski definition) is 5. The Morgan fingerprint density at radius 3 is 2.53 bits per heavy atom. The summed E-state index contributed by atoms with van der Waals surface area (Å²) >= 11 is 18.0. The normalized spacial score (nSPS) is 12.9. The number of halogens is 4. The van der Waals surface area contributed by atoms with Crippen molar-refractivity contribution in [1.82, 2.24) is 0 Å². The SMILES string of the molecule is N#CC(=Cc1cc(I)c(OCc2ccc(Cl)cc2Cl)c(I)c1)C(=O)Nc1sc2c(c1C#N)CCCC2. The second-order valence-corrected chi connectivity index (χ2v) is 12.3. The topological polar surface area (TPSA) is 85.9 Å². The Kier molecular flexibility index (Phi) is 9.18. The molecule has 0 saturated heterocycles. The van der Waals surface area contributed by atoms with Crippen LogP contribution in [0.1, 0.15) is 40.0 Å². The number of nitrogens with zero attached hydrogens (tertiary/aromatic N) is 2. The number of carbonyl (C=O) groups excluding carboxylic acids is 1. The van der Waals surface area contributed by atoms with Crippen LogP contribution in [-0.4, -0.2) is 5.91 Å². The smallest absolute Gasteiger partial charge is 0.266 e. The van der Waals surface area contributed by atoms with E-state index in [0.717, 1.165) is 48.8 Å². The van der Waals surface area contributed by atoms with Gasteiger partial charge in [0.15, 0.2) is 0 Å². The highest BCUT2D eigenvalue weighted by Gasteiger charge is 2.23. The van der Waals surface area contributed by atoms with Gasteiger partial charge in [-0.3, -0.25) is 4.79 Å². The maximum absolute atomic E-state index is 12.9. The molecule has 5 nitrogen and oxygen atoms in total. The van der Waals surface area contributed by atoms with Crippen molar-refractivity contribution in [2.75, 3.05) is 5.32 Å². The van der Waals surface area contributed by atoms with Gasteiger partial charge in [0, 0.05) is 20.5 Å². The van der Waals surface area contributed by atoms with Gasteiger partial charge in [0.1, 0.15) is 35.1 Å². The van der Waals surface area contributed by atoms with Gasteiger partial charge in [0.2, 0.25) is 0 Å². The molecule has 0 aliphatic heterocycles. The van der Waals surface area contributed by atoms with Crippen LogP contribution < -0.4 is 10.1 Å². The molecule has 4 rings (SSSR count). The number of carbonyl (C=O) groups is 1. The summed E-state index contributed by atoms with van der Waals surface area (Å²) < 4.78 is 7.67. The fourth-order valence-electron chi connectivity index (χ4n) is 3.85. The molecule has 1 amide bonds. The van der Waals surface area contributed by atoms with Crippen LogP contribution in [0.5, 0.6) is 5.75 Å². The zero-order valence-corrected chi connectivity index (χ0v) is 25.3. The Bertz CT molecular complexity index is 1450. The molecule has 0 atom stereocenters. The number of rotatable bonds is 6. The molecule has 0 unspecified atom stereocenters. The Morgan fingerprint density at radius 2 is 1.86 bits per heavy atom. The molecule has 36 heavy (non-hydrogen) atoms. The number of aryl methyl sites for hydroxylation is 1. The van der Waals surface area contributed by atoms with Crippen LogP contribution in [0.2, 0.25) is 10.0 Å². The molecule has 2 aromatic carbocycles. The number of anilines is 1. The van der Waals surface area contributed by atoms with Gasteiger partial charge in [0.05, 0.1) is 12.7 Å². The monoisotopic (exact) mass is 759 g/mol. The van der Waals surface area contributed by atoms with Gasteiger partial charge in [-0.15, -0.1) is 11.3 Å². The lowest BCUT2D eigenvalue weighted by Crippen LogP contribution is -2.13. The van der Waals surface area contributed by atoms with Crippen molar-refractivity contribution in [2.24, 2.45) is 0 Å². The lowest BCUT2D eigenvalue weighted by Gasteiger charge is -2.13. The van der Waals surface area contributed by atoms with Crippen molar-refractivity contribution >= 4 is 96.7 Å². The molecule has 0 radical (unpaired) electrons. The predicted octanol–water partition coefficient (Wildman–Crippen LogP) is 8.14. The average molecular weight is 760 g/mol. The molecule has 0 saturated carbocycles. The summed E-state index contributed by atoms with van der Waals surface area (Å²) in [5.74, 6) is 0.153. The zero-order chi connectivity index (χ0) is 25.8. The molecule has 0 spiro atoms. The second-order valence-electron chi connectivity index (χ2n) is 7.99. The number of fused-ring (bicyclic) bond motifs is 1. The first-order valence-electron chi connectivity index (χ1n) is 10.8. The van der Waals surface area contributed by atoms with E-state index < -0.39 is 5.91 Å². The Balaban J connectivity index is 1.53. The van der Waals surface area contributed by atoms with Crippen molar-refractivity contribution in [1.29, 1.82) is 10.5 Å². The third kappa shape index (κ3) is 6.17.